The molecule has 0 atom stereocenters. The zero-order valence-electron chi connectivity index (χ0n) is 19.8. The molecule has 1 aliphatic heterocycles. The summed E-state index contributed by atoms with van der Waals surface area (Å²) >= 11 is 0. The Morgan fingerprint density at radius 1 is 1.00 bits per heavy atom. The first-order chi connectivity index (χ1) is 17.1. The summed E-state index contributed by atoms with van der Waals surface area (Å²) in [7, 11) is 1.58. The molecule has 0 saturated heterocycles. The molecule has 3 aromatic carbocycles. The van der Waals surface area contributed by atoms with Crippen LogP contribution in [-0.2, 0) is 17.8 Å². The van der Waals surface area contributed by atoms with E-state index in [2.05, 4.69) is 22.9 Å². The van der Waals surface area contributed by atoms with E-state index in [9.17, 15) is 9.59 Å². The van der Waals surface area contributed by atoms with E-state index in [-0.39, 0.29) is 17.5 Å². The minimum Gasteiger partial charge on any atom is -0.497 e. The number of carbonyl (C=O) groups is 2. The number of fused-ring (bicyclic) bond motifs is 2. The molecular weight excluding hydrogens is 438 g/mol. The molecule has 2 amide bonds. The standard InChI is InChI=1S/C29H27N3O3/c1-3-31-19-22(24-9-5-7-11-27(24)31)18-25(30-28(33)21-12-14-23(35-2)15-13-21)29(34)32-17-16-20-8-4-6-10-26(20)32/h4-15,18-19H,3,16-17H2,1-2H3,(H,30,33)/b25-18-. The summed E-state index contributed by atoms with van der Waals surface area (Å²) in [5.41, 5.74) is 4.67. The molecule has 6 nitrogen and oxygen atoms in total. The molecule has 0 saturated carbocycles. The number of benzene rings is 3. The third-order valence-corrected chi connectivity index (χ3v) is 6.42. The number of para-hydroxylation sites is 2. The summed E-state index contributed by atoms with van der Waals surface area (Å²) in [6.07, 6.45) is 4.60. The van der Waals surface area contributed by atoms with Gasteiger partial charge < -0.3 is 19.5 Å². The molecule has 0 fully saturated rings. The second-order valence-electron chi connectivity index (χ2n) is 8.46. The Kier molecular flexibility index (Phi) is 6.10. The fourth-order valence-electron chi connectivity index (χ4n) is 4.59. The predicted molar refractivity (Wildman–Crippen MR) is 139 cm³/mol. The normalized spacial score (nSPS) is 13.1. The minimum atomic E-state index is -0.348. The van der Waals surface area contributed by atoms with Crippen LogP contribution in [0.3, 0.4) is 0 Å². The predicted octanol–water partition coefficient (Wildman–Crippen LogP) is 5.03. The summed E-state index contributed by atoms with van der Waals surface area (Å²) in [4.78, 5) is 28.7. The monoisotopic (exact) mass is 465 g/mol. The molecule has 0 unspecified atom stereocenters. The van der Waals surface area contributed by atoms with Crippen LogP contribution in [0.2, 0.25) is 0 Å². The van der Waals surface area contributed by atoms with Crippen LogP contribution in [0, 0.1) is 0 Å². The first kappa shape index (κ1) is 22.5. The molecule has 1 aromatic heterocycles. The lowest BCUT2D eigenvalue weighted by Gasteiger charge is -2.20. The van der Waals surface area contributed by atoms with Crippen molar-refractivity contribution in [2.24, 2.45) is 0 Å². The average molecular weight is 466 g/mol. The number of anilines is 1. The van der Waals surface area contributed by atoms with Crippen LogP contribution in [-0.4, -0.2) is 30.0 Å². The smallest absolute Gasteiger partial charge is 0.274 e. The lowest BCUT2D eigenvalue weighted by Crippen LogP contribution is -2.37. The maximum atomic E-state index is 13.8. The van der Waals surface area contributed by atoms with Gasteiger partial charge in [-0.1, -0.05) is 36.4 Å². The van der Waals surface area contributed by atoms with Gasteiger partial charge in [0.1, 0.15) is 11.4 Å². The van der Waals surface area contributed by atoms with E-state index < -0.39 is 0 Å². The Morgan fingerprint density at radius 3 is 2.51 bits per heavy atom. The van der Waals surface area contributed by atoms with Gasteiger partial charge in [0.05, 0.1) is 7.11 Å². The van der Waals surface area contributed by atoms with Crippen LogP contribution < -0.4 is 15.0 Å². The van der Waals surface area contributed by atoms with Gasteiger partial charge in [-0.15, -0.1) is 0 Å². The largest absolute Gasteiger partial charge is 0.497 e. The van der Waals surface area contributed by atoms with Gasteiger partial charge in [-0.25, -0.2) is 0 Å². The zero-order valence-corrected chi connectivity index (χ0v) is 19.8. The van der Waals surface area contributed by atoms with E-state index in [4.69, 9.17) is 4.74 Å². The van der Waals surface area contributed by atoms with Gasteiger partial charge in [-0.2, -0.15) is 0 Å². The number of hydrogen-bond acceptors (Lipinski definition) is 3. The van der Waals surface area contributed by atoms with Gasteiger partial charge in [0.25, 0.3) is 11.8 Å². The fraction of sp³-hybridized carbons (Fsp3) is 0.172. The number of nitrogens with zero attached hydrogens (tertiary/aromatic N) is 2. The summed E-state index contributed by atoms with van der Waals surface area (Å²) in [6.45, 7) is 3.46. The fourth-order valence-corrected chi connectivity index (χ4v) is 4.59. The lowest BCUT2D eigenvalue weighted by atomic mass is 10.1. The number of ether oxygens (including phenoxy) is 1. The number of aromatic nitrogens is 1. The Morgan fingerprint density at radius 2 is 1.74 bits per heavy atom. The summed E-state index contributed by atoms with van der Waals surface area (Å²) in [6, 6.07) is 22.8. The Balaban J connectivity index is 1.55. The highest BCUT2D eigenvalue weighted by Gasteiger charge is 2.28. The van der Waals surface area contributed by atoms with Crippen molar-refractivity contribution in [3.8, 4) is 5.75 Å². The first-order valence-electron chi connectivity index (χ1n) is 11.7. The van der Waals surface area contributed by atoms with Crippen LogP contribution in [0.25, 0.3) is 17.0 Å². The van der Waals surface area contributed by atoms with Gasteiger partial charge >= 0.3 is 0 Å². The highest BCUT2D eigenvalue weighted by atomic mass is 16.5. The number of carbonyl (C=O) groups excluding carboxylic acids is 2. The van der Waals surface area contributed by atoms with E-state index in [1.54, 1.807) is 42.4 Å². The van der Waals surface area contributed by atoms with E-state index in [1.165, 1.54) is 0 Å². The summed E-state index contributed by atoms with van der Waals surface area (Å²) < 4.78 is 7.33. The van der Waals surface area contributed by atoms with E-state index in [1.807, 2.05) is 48.7 Å². The molecule has 0 aliphatic carbocycles. The number of amides is 2. The molecule has 5 rings (SSSR count). The van der Waals surface area contributed by atoms with Gasteiger partial charge in [-0.05, 0) is 61.4 Å². The van der Waals surface area contributed by atoms with Crippen molar-refractivity contribution in [1.82, 2.24) is 9.88 Å². The minimum absolute atomic E-state index is 0.231. The van der Waals surface area contributed by atoms with Crippen molar-refractivity contribution in [3.63, 3.8) is 0 Å². The molecule has 35 heavy (non-hydrogen) atoms. The highest BCUT2D eigenvalue weighted by Crippen LogP contribution is 2.30. The second kappa shape index (κ2) is 9.50. The third kappa shape index (κ3) is 4.30. The van der Waals surface area contributed by atoms with Crippen LogP contribution in [0.5, 0.6) is 5.75 Å². The highest BCUT2D eigenvalue weighted by molar-refractivity contribution is 6.13. The first-order valence-corrected chi connectivity index (χ1v) is 11.7. The van der Waals surface area contributed by atoms with Crippen LogP contribution in [0.15, 0.2) is 84.7 Å². The van der Waals surface area contributed by atoms with Crippen molar-refractivity contribution < 1.29 is 14.3 Å². The second-order valence-corrected chi connectivity index (χ2v) is 8.46. The van der Waals surface area contributed by atoms with Gasteiger partial charge in [0.15, 0.2) is 0 Å². The van der Waals surface area contributed by atoms with E-state index >= 15 is 0 Å². The van der Waals surface area contributed by atoms with Gasteiger partial charge in [0, 0.05) is 47.0 Å². The Hall–Kier alpha value is -4.32. The molecule has 1 aliphatic rings. The summed E-state index contributed by atoms with van der Waals surface area (Å²) in [5, 5.41) is 3.93. The Labute approximate surface area is 204 Å². The van der Waals surface area contributed by atoms with E-state index in [0.717, 1.165) is 40.7 Å². The number of aryl methyl sites for hydroxylation is 1. The molecule has 6 heteroatoms. The molecule has 0 bridgehead atoms. The molecular formula is C29H27N3O3. The molecule has 0 radical (unpaired) electrons. The van der Waals surface area contributed by atoms with Gasteiger partial charge in [0.2, 0.25) is 0 Å². The van der Waals surface area contributed by atoms with Crippen LogP contribution in [0.4, 0.5) is 5.69 Å². The molecule has 2 heterocycles. The van der Waals surface area contributed by atoms with Crippen molar-refractivity contribution >= 4 is 34.5 Å². The Bertz CT molecular complexity index is 1430. The number of hydrogen-bond donors (Lipinski definition) is 1. The molecule has 1 N–H and O–H groups in total. The summed E-state index contributed by atoms with van der Waals surface area (Å²) in [5.74, 6) is 0.0820. The number of methoxy groups -OCH3 is 1. The number of nitrogens with one attached hydrogen (secondary N) is 1. The van der Waals surface area contributed by atoms with Crippen molar-refractivity contribution in [1.29, 1.82) is 0 Å². The van der Waals surface area contributed by atoms with Gasteiger partial charge in [-0.3, -0.25) is 9.59 Å². The molecule has 176 valence electrons. The molecule has 0 spiro atoms. The maximum absolute atomic E-state index is 13.8. The quantitative estimate of drug-likeness (QED) is 0.406. The lowest BCUT2D eigenvalue weighted by molar-refractivity contribution is -0.115. The number of rotatable bonds is 6. The van der Waals surface area contributed by atoms with Crippen LogP contribution >= 0.6 is 0 Å². The third-order valence-electron chi connectivity index (χ3n) is 6.42. The SMILES string of the molecule is CCn1cc(/C=C(\NC(=O)c2ccc(OC)cc2)C(=O)N2CCc3ccccc32)c2ccccc21. The van der Waals surface area contributed by atoms with Crippen molar-refractivity contribution in [2.75, 3.05) is 18.6 Å². The zero-order chi connectivity index (χ0) is 24.4. The van der Waals surface area contributed by atoms with E-state index in [0.29, 0.717) is 17.9 Å². The van der Waals surface area contributed by atoms with Crippen molar-refractivity contribution in [2.45, 2.75) is 19.9 Å². The van der Waals surface area contributed by atoms with Crippen LogP contribution in [0.1, 0.15) is 28.4 Å². The molecule has 4 aromatic rings. The topological polar surface area (TPSA) is 63.6 Å². The average Bonchev–Trinajstić information content (AvgIpc) is 3.49. The maximum Gasteiger partial charge on any atom is 0.274 e. The van der Waals surface area contributed by atoms with Crippen molar-refractivity contribution in [3.05, 3.63) is 101 Å².